The number of nitrogens with zero attached hydrogens (tertiary/aromatic N) is 1. The first-order chi connectivity index (χ1) is 11.5. The van der Waals surface area contributed by atoms with Crippen LogP contribution in [0.2, 0.25) is 0 Å². The predicted octanol–water partition coefficient (Wildman–Crippen LogP) is 3.85. The molecule has 0 aliphatic heterocycles. The van der Waals surface area contributed by atoms with E-state index in [0.717, 1.165) is 6.08 Å². The van der Waals surface area contributed by atoms with Crippen molar-refractivity contribution in [2.45, 2.75) is 6.61 Å². The van der Waals surface area contributed by atoms with E-state index >= 15 is 0 Å². The van der Waals surface area contributed by atoms with E-state index in [9.17, 15) is 23.7 Å². The molecule has 2 aromatic rings. The van der Waals surface area contributed by atoms with Crippen LogP contribution in [0, 0.1) is 10.1 Å². The minimum absolute atomic E-state index is 0.0893. The largest absolute Gasteiger partial charge is 0.433 e. The summed E-state index contributed by atoms with van der Waals surface area (Å²) in [5.41, 5.74) is 0.441. The molecule has 1 N–H and O–H groups in total. The second-order valence-corrected chi connectivity index (χ2v) is 4.55. The first-order valence-electron chi connectivity index (χ1n) is 6.73. The van der Waals surface area contributed by atoms with Crippen LogP contribution >= 0.6 is 0 Å². The molecule has 0 aliphatic carbocycles. The zero-order valence-corrected chi connectivity index (χ0v) is 12.2. The molecule has 0 unspecified atom stereocenters. The number of nitro groups is 1. The molecule has 0 aromatic heterocycles. The van der Waals surface area contributed by atoms with Crippen molar-refractivity contribution < 1.29 is 23.2 Å². The van der Waals surface area contributed by atoms with Gasteiger partial charge in [-0.3, -0.25) is 14.9 Å². The number of alkyl halides is 2. The Hall–Kier alpha value is -3.29. The van der Waals surface area contributed by atoms with Gasteiger partial charge in [-0.15, -0.1) is 0 Å². The van der Waals surface area contributed by atoms with Gasteiger partial charge in [-0.1, -0.05) is 24.3 Å². The Kier molecular flexibility index (Phi) is 5.56. The standard InChI is InChI=1S/C16H12F2N2O4/c17-16(18)24-14-7-2-1-6-13(14)19-15(21)9-8-11-4-3-5-12(10-11)20(22)23/h1-10,16H,(H,19,21)/b9-8+. The van der Waals surface area contributed by atoms with E-state index in [-0.39, 0.29) is 17.1 Å². The molecule has 2 rings (SSSR count). The van der Waals surface area contributed by atoms with E-state index in [1.807, 2.05) is 0 Å². The molecule has 0 radical (unpaired) electrons. The van der Waals surface area contributed by atoms with Gasteiger partial charge in [-0.05, 0) is 23.8 Å². The summed E-state index contributed by atoms with van der Waals surface area (Å²) in [5, 5.41) is 13.1. The molecule has 1 amide bonds. The van der Waals surface area contributed by atoms with Crippen LogP contribution in [-0.4, -0.2) is 17.4 Å². The molecule has 0 fully saturated rings. The number of benzene rings is 2. The van der Waals surface area contributed by atoms with E-state index in [1.54, 1.807) is 12.1 Å². The highest BCUT2D eigenvalue weighted by molar-refractivity contribution is 6.02. The summed E-state index contributed by atoms with van der Waals surface area (Å²) >= 11 is 0. The van der Waals surface area contributed by atoms with Crippen molar-refractivity contribution in [1.82, 2.24) is 0 Å². The Morgan fingerprint density at radius 1 is 1.21 bits per heavy atom. The van der Waals surface area contributed by atoms with Gasteiger partial charge in [-0.2, -0.15) is 8.78 Å². The van der Waals surface area contributed by atoms with Gasteiger partial charge < -0.3 is 10.1 Å². The summed E-state index contributed by atoms with van der Waals surface area (Å²) in [7, 11) is 0. The quantitative estimate of drug-likeness (QED) is 0.494. The second-order valence-electron chi connectivity index (χ2n) is 4.55. The number of amides is 1. The number of hydrogen-bond donors (Lipinski definition) is 1. The van der Waals surface area contributed by atoms with E-state index < -0.39 is 17.4 Å². The fourth-order valence-electron chi connectivity index (χ4n) is 1.86. The molecule has 0 bridgehead atoms. The van der Waals surface area contributed by atoms with Gasteiger partial charge in [-0.25, -0.2) is 0 Å². The summed E-state index contributed by atoms with van der Waals surface area (Å²) in [6, 6.07) is 11.5. The lowest BCUT2D eigenvalue weighted by molar-refractivity contribution is -0.384. The van der Waals surface area contributed by atoms with Gasteiger partial charge in [0.2, 0.25) is 5.91 Å². The number of nitrogens with one attached hydrogen (secondary N) is 1. The summed E-state index contributed by atoms with van der Waals surface area (Å²) in [6.07, 6.45) is 2.51. The number of carbonyl (C=O) groups excluding carboxylic acids is 1. The van der Waals surface area contributed by atoms with E-state index in [4.69, 9.17) is 0 Å². The van der Waals surface area contributed by atoms with Crippen LogP contribution in [0.4, 0.5) is 20.2 Å². The van der Waals surface area contributed by atoms with Gasteiger partial charge in [0.1, 0.15) is 5.75 Å². The van der Waals surface area contributed by atoms with Crippen molar-refractivity contribution in [3.05, 3.63) is 70.3 Å². The molecule has 0 atom stereocenters. The molecule has 0 heterocycles. The maximum Gasteiger partial charge on any atom is 0.387 e. The van der Waals surface area contributed by atoms with Crippen LogP contribution in [0.3, 0.4) is 0 Å². The van der Waals surface area contributed by atoms with Crippen molar-refractivity contribution >= 4 is 23.4 Å². The first kappa shape index (κ1) is 17.1. The van der Waals surface area contributed by atoms with Gasteiger partial charge in [0.05, 0.1) is 10.6 Å². The van der Waals surface area contributed by atoms with Gasteiger partial charge in [0.25, 0.3) is 5.69 Å². The van der Waals surface area contributed by atoms with Gasteiger partial charge in [0.15, 0.2) is 0 Å². The molecule has 2 aromatic carbocycles. The molecule has 24 heavy (non-hydrogen) atoms. The van der Waals surface area contributed by atoms with Gasteiger partial charge in [0, 0.05) is 18.2 Å². The summed E-state index contributed by atoms with van der Waals surface area (Å²) in [5.74, 6) is -0.753. The average Bonchev–Trinajstić information content (AvgIpc) is 2.54. The maximum absolute atomic E-state index is 12.3. The Bertz CT molecular complexity index is 778. The van der Waals surface area contributed by atoms with E-state index in [2.05, 4.69) is 10.1 Å². The third-order valence-corrected chi connectivity index (χ3v) is 2.87. The number of carbonyl (C=O) groups is 1. The number of hydrogen-bond acceptors (Lipinski definition) is 4. The zero-order chi connectivity index (χ0) is 17.5. The minimum atomic E-state index is -3.01. The first-order valence-corrected chi connectivity index (χ1v) is 6.73. The van der Waals surface area contributed by atoms with Crippen LogP contribution in [-0.2, 0) is 4.79 Å². The van der Waals surface area contributed by atoms with Crippen molar-refractivity contribution in [2.24, 2.45) is 0 Å². The third kappa shape index (κ3) is 4.87. The van der Waals surface area contributed by atoms with Crippen molar-refractivity contribution in [2.75, 3.05) is 5.32 Å². The van der Waals surface area contributed by atoms with Crippen molar-refractivity contribution in [3.8, 4) is 5.75 Å². The fourth-order valence-corrected chi connectivity index (χ4v) is 1.86. The Labute approximate surface area is 135 Å². The second kappa shape index (κ2) is 7.82. The topological polar surface area (TPSA) is 81.5 Å². The highest BCUT2D eigenvalue weighted by atomic mass is 19.3. The molecule has 0 saturated heterocycles. The number of para-hydroxylation sites is 2. The zero-order valence-electron chi connectivity index (χ0n) is 12.2. The van der Waals surface area contributed by atoms with Crippen LogP contribution in [0.5, 0.6) is 5.75 Å². The lowest BCUT2D eigenvalue weighted by atomic mass is 10.2. The number of ether oxygens (including phenoxy) is 1. The fraction of sp³-hybridized carbons (Fsp3) is 0.0625. The minimum Gasteiger partial charge on any atom is -0.433 e. The maximum atomic E-state index is 12.3. The molecule has 8 heteroatoms. The molecule has 6 nitrogen and oxygen atoms in total. The molecule has 0 saturated carbocycles. The number of anilines is 1. The summed E-state index contributed by atoms with van der Waals surface area (Å²) in [4.78, 5) is 22.0. The van der Waals surface area contributed by atoms with E-state index in [0.29, 0.717) is 5.56 Å². The number of rotatable bonds is 6. The number of non-ortho nitro benzene ring substituents is 1. The Balaban J connectivity index is 2.08. The highest BCUT2D eigenvalue weighted by Crippen LogP contribution is 2.25. The molecular weight excluding hydrogens is 322 g/mol. The number of halogens is 2. The van der Waals surface area contributed by atoms with Crippen LogP contribution < -0.4 is 10.1 Å². The third-order valence-electron chi connectivity index (χ3n) is 2.87. The monoisotopic (exact) mass is 334 g/mol. The molecular formula is C16H12F2N2O4. The average molecular weight is 334 g/mol. The lowest BCUT2D eigenvalue weighted by Gasteiger charge is -2.10. The van der Waals surface area contributed by atoms with Crippen LogP contribution in [0.1, 0.15) is 5.56 Å². The SMILES string of the molecule is O=C(/C=C/c1cccc([N+](=O)[O-])c1)Nc1ccccc1OC(F)F. The molecule has 0 spiro atoms. The van der Waals surface area contributed by atoms with E-state index in [1.165, 1.54) is 42.5 Å². The lowest BCUT2D eigenvalue weighted by Crippen LogP contribution is -2.11. The molecule has 124 valence electrons. The molecule has 0 aliphatic rings. The normalized spacial score (nSPS) is 10.8. The number of nitro benzene ring substituents is 1. The highest BCUT2D eigenvalue weighted by Gasteiger charge is 2.10. The summed E-state index contributed by atoms with van der Waals surface area (Å²) < 4.78 is 28.9. The summed E-state index contributed by atoms with van der Waals surface area (Å²) in [6.45, 7) is -3.01. The Morgan fingerprint density at radius 2 is 1.96 bits per heavy atom. The predicted molar refractivity (Wildman–Crippen MR) is 83.8 cm³/mol. The van der Waals surface area contributed by atoms with Crippen molar-refractivity contribution in [1.29, 1.82) is 0 Å². The Morgan fingerprint density at radius 3 is 2.67 bits per heavy atom. The van der Waals surface area contributed by atoms with Crippen LogP contribution in [0.25, 0.3) is 6.08 Å². The van der Waals surface area contributed by atoms with Crippen LogP contribution in [0.15, 0.2) is 54.6 Å². The smallest absolute Gasteiger partial charge is 0.387 e. The van der Waals surface area contributed by atoms with Gasteiger partial charge >= 0.3 is 6.61 Å². The van der Waals surface area contributed by atoms with Crippen molar-refractivity contribution in [3.63, 3.8) is 0 Å².